The van der Waals surface area contributed by atoms with Crippen LogP contribution in [0.2, 0.25) is 5.02 Å². The van der Waals surface area contributed by atoms with Crippen LogP contribution in [0.1, 0.15) is 6.42 Å². The Morgan fingerprint density at radius 2 is 1.88 bits per heavy atom. The lowest BCUT2D eigenvalue weighted by atomic mass is 10.2. The first-order valence-electron chi connectivity index (χ1n) is 7.84. The number of sulfonamides is 1. The molecular formula is C18H16ClN3O3S. The van der Waals surface area contributed by atoms with Gasteiger partial charge in [-0.15, -0.1) is 0 Å². The van der Waals surface area contributed by atoms with Crippen LogP contribution in [0.25, 0.3) is 10.9 Å². The number of carbonyl (C=O) groups excluding carboxylic acids is 1. The summed E-state index contributed by atoms with van der Waals surface area (Å²) in [5.41, 5.74) is 1.39. The minimum Gasteiger partial charge on any atom is -0.325 e. The second-order valence-corrected chi connectivity index (χ2v) is 7.77. The van der Waals surface area contributed by atoms with Gasteiger partial charge in [0.15, 0.2) is 0 Å². The molecule has 1 heterocycles. The van der Waals surface area contributed by atoms with Gasteiger partial charge in [0.25, 0.3) is 0 Å². The molecule has 0 saturated heterocycles. The smallest absolute Gasteiger partial charge is 0.240 e. The van der Waals surface area contributed by atoms with E-state index in [1.54, 1.807) is 18.3 Å². The number of carbonyl (C=O) groups is 1. The number of nitrogens with one attached hydrogen (secondary N) is 2. The van der Waals surface area contributed by atoms with E-state index in [0.717, 1.165) is 10.9 Å². The first-order chi connectivity index (χ1) is 12.4. The summed E-state index contributed by atoms with van der Waals surface area (Å²) in [6, 6.07) is 15.3. The molecule has 0 fully saturated rings. The number of nitrogens with zero attached hydrogens (tertiary/aromatic N) is 1. The number of benzene rings is 2. The van der Waals surface area contributed by atoms with Gasteiger partial charge < -0.3 is 5.32 Å². The van der Waals surface area contributed by atoms with Gasteiger partial charge in [-0.2, -0.15) is 0 Å². The van der Waals surface area contributed by atoms with Crippen molar-refractivity contribution in [1.29, 1.82) is 0 Å². The number of rotatable bonds is 6. The van der Waals surface area contributed by atoms with Crippen molar-refractivity contribution in [2.45, 2.75) is 11.3 Å². The van der Waals surface area contributed by atoms with Crippen molar-refractivity contribution in [3.8, 4) is 0 Å². The average molecular weight is 390 g/mol. The molecule has 1 amide bonds. The molecule has 8 heteroatoms. The van der Waals surface area contributed by atoms with Crippen molar-refractivity contribution in [2.75, 3.05) is 11.9 Å². The first kappa shape index (κ1) is 18.3. The van der Waals surface area contributed by atoms with Crippen LogP contribution in [0, 0.1) is 0 Å². The van der Waals surface area contributed by atoms with Crippen LogP contribution in [0.5, 0.6) is 0 Å². The van der Waals surface area contributed by atoms with Crippen LogP contribution in [0.15, 0.2) is 65.7 Å². The van der Waals surface area contributed by atoms with E-state index >= 15 is 0 Å². The van der Waals surface area contributed by atoms with E-state index in [4.69, 9.17) is 11.6 Å². The molecule has 0 bridgehead atoms. The number of para-hydroxylation sites is 1. The van der Waals surface area contributed by atoms with Crippen LogP contribution in [-0.4, -0.2) is 25.9 Å². The number of halogens is 1. The lowest BCUT2D eigenvalue weighted by molar-refractivity contribution is -0.116. The summed E-state index contributed by atoms with van der Waals surface area (Å²) in [6.45, 7) is -0.0261. The van der Waals surface area contributed by atoms with Crippen molar-refractivity contribution in [3.05, 3.63) is 65.8 Å². The zero-order valence-electron chi connectivity index (χ0n) is 13.6. The van der Waals surface area contributed by atoms with Gasteiger partial charge in [0, 0.05) is 23.4 Å². The Labute approximate surface area is 156 Å². The average Bonchev–Trinajstić information content (AvgIpc) is 2.61. The fourth-order valence-electron chi connectivity index (χ4n) is 2.38. The Morgan fingerprint density at radius 1 is 1.08 bits per heavy atom. The number of anilines is 1. The summed E-state index contributed by atoms with van der Waals surface area (Å²) in [5.74, 6) is -0.309. The number of aromatic nitrogens is 1. The highest BCUT2D eigenvalue weighted by Gasteiger charge is 2.14. The van der Waals surface area contributed by atoms with Crippen molar-refractivity contribution in [3.63, 3.8) is 0 Å². The molecule has 0 spiro atoms. The second kappa shape index (κ2) is 7.82. The monoisotopic (exact) mass is 389 g/mol. The summed E-state index contributed by atoms with van der Waals surface area (Å²) in [5, 5.41) is 3.95. The molecule has 0 atom stereocenters. The zero-order chi connectivity index (χ0) is 18.6. The highest BCUT2D eigenvalue weighted by molar-refractivity contribution is 7.89. The maximum absolute atomic E-state index is 12.2. The molecule has 6 nitrogen and oxygen atoms in total. The van der Waals surface area contributed by atoms with Crippen LogP contribution in [-0.2, 0) is 14.8 Å². The number of hydrogen-bond acceptors (Lipinski definition) is 4. The van der Waals surface area contributed by atoms with E-state index in [2.05, 4.69) is 15.0 Å². The second-order valence-electron chi connectivity index (χ2n) is 5.57. The fourth-order valence-corrected chi connectivity index (χ4v) is 3.71. The van der Waals surface area contributed by atoms with E-state index in [9.17, 15) is 13.2 Å². The summed E-state index contributed by atoms with van der Waals surface area (Å²) < 4.78 is 26.7. The molecule has 0 aliphatic heterocycles. The normalized spacial score (nSPS) is 11.4. The van der Waals surface area contributed by atoms with Gasteiger partial charge in [-0.05, 0) is 30.3 Å². The van der Waals surface area contributed by atoms with E-state index in [0.29, 0.717) is 10.7 Å². The summed E-state index contributed by atoms with van der Waals surface area (Å²) in [6.07, 6.45) is 1.56. The number of amides is 1. The van der Waals surface area contributed by atoms with Gasteiger partial charge >= 0.3 is 0 Å². The molecule has 26 heavy (non-hydrogen) atoms. The predicted molar refractivity (Wildman–Crippen MR) is 102 cm³/mol. The Kier molecular flexibility index (Phi) is 5.51. The lowest BCUT2D eigenvalue weighted by Gasteiger charge is -2.08. The third-order valence-electron chi connectivity index (χ3n) is 3.62. The van der Waals surface area contributed by atoms with Crippen LogP contribution < -0.4 is 10.0 Å². The largest absolute Gasteiger partial charge is 0.325 e. The Hall–Kier alpha value is -2.48. The Bertz CT molecular complexity index is 1050. The van der Waals surface area contributed by atoms with Crippen LogP contribution in [0.4, 0.5) is 5.69 Å². The first-order valence-corrected chi connectivity index (χ1v) is 9.70. The summed E-state index contributed by atoms with van der Waals surface area (Å²) >= 11 is 5.80. The van der Waals surface area contributed by atoms with Crippen molar-refractivity contribution < 1.29 is 13.2 Å². The van der Waals surface area contributed by atoms with Gasteiger partial charge in [0.2, 0.25) is 15.9 Å². The molecule has 0 aliphatic rings. The third kappa shape index (κ3) is 4.57. The van der Waals surface area contributed by atoms with Crippen molar-refractivity contribution >= 4 is 44.1 Å². The lowest BCUT2D eigenvalue weighted by Crippen LogP contribution is -2.27. The summed E-state index contributed by atoms with van der Waals surface area (Å²) in [7, 11) is -3.71. The zero-order valence-corrected chi connectivity index (χ0v) is 15.2. The maximum Gasteiger partial charge on any atom is 0.240 e. The van der Waals surface area contributed by atoms with Crippen LogP contribution >= 0.6 is 11.6 Å². The van der Waals surface area contributed by atoms with Gasteiger partial charge in [0.05, 0.1) is 22.3 Å². The number of pyridine rings is 1. The van der Waals surface area contributed by atoms with E-state index in [1.807, 2.05) is 30.3 Å². The van der Waals surface area contributed by atoms with Crippen LogP contribution in [0.3, 0.4) is 0 Å². The van der Waals surface area contributed by atoms with Gasteiger partial charge in [-0.1, -0.05) is 35.9 Å². The molecular weight excluding hydrogens is 374 g/mol. The third-order valence-corrected chi connectivity index (χ3v) is 5.32. The predicted octanol–water partition coefficient (Wildman–Crippen LogP) is 3.20. The molecule has 2 N–H and O–H groups in total. The maximum atomic E-state index is 12.2. The molecule has 0 aliphatic carbocycles. The van der Waals surface area contributed by atoms with E-state index in [1.165, 1.54) is 12.1 Å². The van der Waals surface area contributed by atoms with Gasteiger partial charge in [0.1, 0.15) is 0 Å². The molecule has 1 aromatic heterocycles. The molecule has 3 aromatic rings. The Balaban J connectivity index is 1.56. The quantitative estimate of drug-likeness (QED) is 0.677. The van der Waals surface area contributed by atoms with E-state index < -0.39 is 10.0 Å². The van der Waals surface area contributed by atoms with E-state index in [-0.39, 0.29) is 23.8 Å². The standard InChI is InChI=1S/C18H16ClN3O3S/c19-14-5-3-6-16(11-14)26(24,25)21-9-8-18(23)22-15-10-13-4-1-2-7-17(13)20-12-15/h1-7,10-12,21H,8-9H2,(H,22,23). The molecule has 134 valence electrons. The van der Waals surface area contributed by atoms with Gasteiger partial charge in [-0.25, -0.2) is 13.1 Å². The highest BCUT2D eigenvalue weighted by atomic mass is 35.5. The molecule has 0 unspecified atom stereocenters. The minimum absolute atomic E-state index is 0.00732. The SMILES string of the molecule is O=C(CCNS(=O)(=O)c1cccc(Cl)c1)Nc1cnc2ccccc2c1. The Morgan fingerprint density at radius 3 is 2.69 bits per heavy atom. The highest BCUT2D eigenvalue weighted by Crippen LogP contribution is 2.17. The molecule has 0 radical (unpaired) electrons. The summed E-state index contributed by atoms with van der Waals surface area (Å²) in [4.78, 5) is 16.4. The van der Waals surface area contributed by atoms with Crippen molar-refractivity contribution in [1.82, 2.24) is 9.71 Å². The molecule has 2 aromatic carbocycles. The van der Waals surface area contributed by atoms with Crippen molar-refractivity contribution in [2.24, 2.45) is 0 Å². The topological polar surface area (TPSA) is 88.2 Å². The minimum atomic E-state index is -3.71. The fraction of sp³-hybridized carbons (Fsp3) is 0.111. The van der Waals surface area contributed by atoms with Gasteiger partial charge in [-0.3, -0.25) is 9.78 Å². The number of hydrogen-bond donors (Lipinski definition) is 2. The number of fused-ring (bicyclic) bond motifs is 1. The molecule has 0 saturated carbocycles. The molecule has 3 rings (SSSR count).